The van der Waals surface area contributed by atoms with Gasteiger partial charge in [-0.1, -0.05) is 30.7 Å². The van der Waals surface area contributed by atoms with Gasteiger partial charge in [0.1, 0.15) is 23.2 Å². The van der Waals surface area contributed by atoms with E-state index in [4.69, 9.17) is 21.6 Å². The van der Waals surface area contributed by atoms with Crippen molar-refractivity contribution < 1.29 is 14.3 Å². The van der Waals surface area contributed by atoms with Crippen LogP contribution in [0.15, 0.2) is 53.8 Å². The summed E-state index contributed by atoms with van der Waals surface area (Å²) in [6, 6.07) is 7.94. The summed E-state index contributed by atoms with van der Waals surface area (Å²) in [5.74, 6) is 0.422. The Morgan fingerprint density at radius 3 is 2.70 bits per heavy atom. The molecule has 6 heterocycles. The number of aromatic nitrogens is 2. The third-order valence-electron chi connectivity index (χ3n) is 9.04. The molecule has 7 rings (SSSR count). The van der Waals surface area contributed by atoms with E-state index in [9.17, 15) is 14.3 Å². The number of benzene rings is 1. The molecule has 9 nitrogen and oxygen atoms in total. The first kappa shape index (κ1) is 28.3. The maximum atomic E-state index is 14.9. The lowest BCUT2D eigenvalue weighted by Crippen LogP contribution is -2.73. The fraction of sp³-hybridized carbons (Fsp3) is 0.333. The van der Waals surface area contributed by atoms with E-state index >= 15 is 0 Å². The minimum absolute atomic E-state index is 0.000307. The van der Waals surface area contributed by atoms with Gasteiger partial charge in [-0.3, -0.25) is 14.9 Å². The van der Waals surface area contributed by atoms with Gasteiger partial charge in [0.2, 0.25) is 0 Å². The Bertz CT molecular complexity index is 1750. The second-order valence-electron chi connectivity index (χ2n) is 12.2. The van der Waals surface area contributed by atoms with Crippen molar-refractivity contribution in [1.29, 1.82) is 0 Å². The summed E-state index contributed by atoms with van der Waals surface area (Å²) in [5.41, 5.74) is 4.82. The number of amidine groups is 1. The van der Waals surface area contributed by atoms with Crippen molar-refractivity contribution in [1.82, 2.24) is 24.7 Å². The number of aromatic hydroxyl groups is 1. The number of likely N-dealkylation sites (tertiary alicyclic amines) is 2. The molecule has 11 heteroatoms. The summed E-state index contributed by atoms with van der Waals surface area (Å²) >= 11 is 6.81. The number of aliphatic imine (C=N–C) groups is 1. The molecule has 226 valence electrons. The van der Waals surface area contributed by atoms with Gasteiger partial charge >= 0.3 is 6.03 Å². The number of carbonyl (C=O) groups excluding carboxylic acids is 1. The summed E-state index contributed by atoms with van der Waals surface area (Å²) in [6.45, 7) is 10.2. The predicted octanol–water partition coefficient (Wildman–Crippen LogP) is 5.96. The minimum atomic E-state index is -0.612. The van der Waals surface area contributed by atoms with E-state index in [2.05, 4.69) is 35.1 Å². The molecule has 0 aliphatic carbocycles. The van der Waals surface area contributed by atoms with Crippen molar-refractivity contribution in [3.8, 4) is 17.0 Å². The second-order valence-corrected chi connectivity index (χ2v) is 12.6. The molecular weight excluding hydrogens is 581 g/mol. The summed E-state index contributed by atoms with van der Waals surface area (Å²) in [4.78, 5) is 32.9. The van der Waals surface area contributed by atoms with Gasteiger partial charge in [0, 0.05) is 67.1 Å². The number of phenolic OH excluding ortho intramolecular Hbond substituents is 1. The van der Waals surface area contributed by atoms with E-state index in [0.29, 0.717) is 32.0 Å². The first-order chi connectivity index (χ1) is 21.1. The highest BCUT2D eigenvalue weighted by atomic mass is 35.5. The SMILES string of the molecule is CC1=NCCN1C(=O)N1CC2(C1)CN(/C1=C/c3c(C)ccnc3C(C)/C=C\Nc3nc(-c4c(O)cccc4F)c(Cl)cc31)C2. The molecule has 2 aromatic heterocycles. The van der Waals surface area contributed by atoms with E-state index in [1.807, 2.05) is 36.4 Å². The lowest BCUT2D eigenvalue weighted by atomic mass is 9.72. The number of hydrogen-bond acceptors (Lipinski definition) is 7. The molecular formula is C33H33ClFN7O2. The quantitative estimate of drug-likeness (QED) is 0.370. The van der Waals surface area contributed by atoms with Crippen molar-refractivity contribution in [2.75, 3.05) is 44.6 Å². The standard InChI is InChI=1S/C33H33ClFN7O2/c1-19-7-9-37-29-20(2)8-10-38-31-23(13-24(34)30(39-31)28-25(35)5-4-6-27(28)43)26(14-22(19)29)40-15-33(16-40)17-41(18-33)32(44)42-12-11-36-21(42)3/h4-10,13-14,20,43H,11-12,15-18H2,1-3H3,(H,38,39)/b10-8-,26-14+. The van der Waals surface area contributed by atoms with Gasteiger partial charge in [0.05, 0.1) is 28.5 Å². The third-order valence-corrected chi connectivity index (χ3v) is 9.33. The zero-order valence-electron chi connectivity index (χ0n) is 24.8. The van der Waals surface area contributed by atoms with Crippen molar-refractivity contribution in [2.24, 2.45) is 10.4 Å². The van der Waals surface area contributed by atoms with Gasteiger partial charge in [0.15, 0.2) is 0 Å². The Balaban J connectivity index is 1.27. The van der Waals surface area contributed by atoms with Crippen LogP contribution in [-0.2, 0) is 0 Å². The molecule has 1 spiro atoms. The van der Waals surface area contributed by atoms with Gasteiger partial charge < -0.3 is 20.2 Å². The molecule has 4 aliphatic heterocycles. The van der Waals surface area contributed by atoms with E-state index in [0.717, 1.165) is 47.0 Å². The number of hydrogen-bond donors (Lipinski definition) is 2. The summed E-state index contributed by atoms with van der Waals surface area (Å²) < 4.78 is 14.9. The van der Waals surface area contributed by atoms with Crippen molar-refractivity contribution in [2.45, 2.75) is 26.7 Å². The second kappa shape index (κ2) is 10.6. The van der Waals surface area contributed by atoms with E-state index in [-0.39, 0.29) is 39.4 Å². The van der Waals surface area contributed by atoms with Crippen LogP contribution in [0.2, 0.25) is 5.02 Å². The molecule has 2 saturated heterocycles. The zero-order valence-corrected chi connectivity index (χ0v) is 25.6. The lowest BCUT2D eigenvalue weighted by molar-refractivity contribution is -0.0707. The number of aryl methyl sites for hydroxylation is 1. The molecule has 44 heavy (non-hydrogen) atoms. The zero-order chi connectivity index (χ0) is 30.7. The van der Waals surface area contributed by atoms with Gasteiger partial charge in [0.25, 0.3) is 0 Å². The van der Waals surface area contributed by atoms with E-state index in [1.54, 1.807) is 11.0 Å². The molecule has 0 saturated carbocycles. The number of allylic oxidation sites excluding steroid dienone is 1. The van der Waals surface area contributed by atoms with Gasteiger partial charge in [-0.15, -0.1) is 0 Å². The molecule has 1 unspecified atom stereocenters. The largest absolute Gasteiger partial charge is 0.507 e. The van der Waals surface area contributed by atoms with Crippen LogP contribution in [0.3, 0.4) is 0 Å². The molecule has 2 amide bonds. The number of rotatable bonds is 2. The van der Waals surface area contributed by atoms with Crippen molar-refractivity contribution in [3.05, 3.63) is 82.0 Å². The molecule has 1 aromatic carbocycles. The highest BCUT2D eigenvalue weighted by molar-refractivity contribution is 6.33. The summed E-state index contributed by atoms with van der Waals surface area (Å²) in [5, 5.41) is 14.0. The molecule has 1 atom stereocenters. The molecule has 0 bridgehead atoms. The summed E-state index contributed by atoms with van der Waals surface area (Å²) in [6.07, 6.45) is 7.80. The number of nitrogens with zero attached hydrogens (tertiary/aromatic N) is 6. The predicted molar refractivity (Wildman–Crippen MR) is 170 cm³/mol. The normalized spacial score (nSPS) is 22.1. The van der Waals surface area contributed by atoms with Gasteiger partial charge in [-0.05, 0) is 56.0 Å². The topological polar surface area (TPSA) is 97.2 Å². The van der Waals surface area contributed by atoms with Gasteiger partial charge in [-0.2, -0.15) is 0 Å². The molecule has 0 radical (unpaired) electrons. The average molecular weight is 614 g/mol. The summed E-state index contributed by atoms with van der Waals surface area (Å²) in [7, 11) is 0. The first-order valence-electron chi connectivity index (χ1n) is 14.8. The van der Waals surface area contributed by atoms with E-state index in [1.165, 1.54) is 18.2 Å². The highest BCUT2D eigenvalue weighted by Gasteiger charge is 2.54. The number of phenols is 1. The highest BCUT2D eigenvalue weighted by Crippen LogP contribution is 2.47. The van der Waals surface area contributed by atoms with Crippen LogP contribution in [0.1, 0.15) is 42.1 Å². The van der Waals surface area contributed by atoms with Crippen LogP contribution >= 0.6 is 11.6 Å². The van der Waals surface area contributed by atoms with Crippen LogP contribution in [0, 0.1) is 18.2 Å². The van der Waals surface area contributed by atoms with Crippen molar-refractivity contribution in [3.63, 3.8) is 0 Å². The molecule has 4 aliphatic rings. The van der Waals surface area contributed by atoms with Crippen molar-refractivity contribution >= 4 is 41.1 Å². The lowest BCUT2D eigenvalue weighted by Gasteiger charge is -2.61. The Morgan fingerprint density at radius 2 is 1.98 bits per heavy atom. The Morgan fingerprint density at radius 1 is 1.18 bits per heavy atom. The fourth-order valence-corrected chi connectivity index (χ4v) is 6.94. The van der Waals surface area contributed by atoms with Crippen LogP contribution in [-0.4, -0.2) is 80.9 Å². The Labute approximate surface area is 260 Å². The van der Waals surface area contributed by atoms with Gasteiger partial charge in [-0.25, -0.2) is 14.2 Å². The number of anilines is 1. The maximum absolute atomic E-state index is 14.9. The molecule has 3 aromatic rings. The molecule has 2 fully saturated rings. The maximum Gasteiger partial charge on any atom is 0.325 e. The number of halogens is 2. The number of fused-ring (bicyclic) bond motifs is 2. The van der Waals surface area contributed by atoms with E-state index < -0.39 is 5.82 Å². The number of amides is 2. The van der Waals surface area contributed by atoms with Crippen LogP contribution < -0.4 is 5.32 Å². The minimum Gasteiger partial charge on any atom is -0.507 e. The monoisotopic (exact) mass is 613 g/mol. The number of urea groups is 1. The fourth-order valence-electron chi connectivity index (χ4n) is 6.69. The third kappa shape index (κ3) is 4.68. The first-order valence-corrected chi connectivity index (χ1v) is 15.1. The average Bonchev–Trinajstić information content (AvgIpc) is 3.38. The van der Waals surface area contributed by atoms with Crippen LogP contribution in [0.4, 0.5) is 15.0 Å². The Kier molecular flexibility index (Phi) is 6.84. The van der Waals surface area contributed by atoms with Crippen LogP contribution in [0.25, 0.3) is 23.0 Å². The number of nitrogens with one attached hydrogen (secondary N) is 1. The van der Waals surface area contributed by atoms with Crippen LogP contribution in [0.5, 0.6) is 5.75 Å². The molecule has 2 N–H and O–H groups in total. The number of pyridine rings is 2. The number of carbonyl (C=O) groups is 1. The smallest absolute Gasteiger partial charge is 0.325 e. The Hall–Kier alpha value is -4.44.